The maximum Gasteiger partial charge on any atom is 0.387 e. The number of halogens is 3. The number of fused-ring (bicyclic) bond motifs is 1. The van der Waals surface area contributed by atoms with E-state index in [1.807, 2.05) is 0 Å². The molecule has 1 unspecified atom stereocenters. The lowest BCUT2D eigenvalue weighted by atomic mass is 9.63. The van der Waals surface area contributed by atoms with Crippen LogP contribution in [-0.2, 0) is 6.42 Å². The van der Waals surface area contributed by atoms with Gasteiger partial charge in [-0.05, 0) is 79.9 Å². The summed E-state index contributed by atoms with van der Waals surface area (Å²) in [4.78, 5) is 0. The number of ether oxygens (including phenoxy) is 1. The molecule has 0 aromatic heterocycles. The lowest BCUT2D eigenvalue weighted by molar-refractivity contribution is -0.0522. The highest BCUT2D eigenvalue weighted by Gasteiger charge is 2.35. The number of aryl methyl sites for hydroxylation is 1. The predicted octanol–water partition coefficient (Wildman–Crippen LogP) is 6.99. The molecule has 3 rings (SSSR count). The minimum absolute atomic E-state index is 0.368. The van der Waals surface area contributed by atoms with Gasteiger partial charge in [0.1, 0.15) is 0 Å². The lowest BCUT2D eigenvalue weighted by Crippen LogP contribution is -2.31. The van der Waals surface area contributed by atoms with E-state index in [9.17, 15) is 13.2 Å². The summed E-state index contributed by atoms with van der Waals surface area (Å²) in [5.41, 5.74) is 0.873. The van der Waals surface area contributed by atoms with Crippen molar-refractivity contribution in [2.45, 2.75) is 77.7 Å². The zero-order chi connectivity index (χ0) is 18.5. The van der Waals surface area contributed by atoms with Crippen LogP contribution in [0, 0.1) is 29.5 Å². The first kappa shape index (κ1) is 19.6. The van der Waals surface area contributed by atoms with Crippen molar-refractivity contribution in [3.05, 3.63) is 29.6 Å². The molecule has 2 fully saturated rings. The Kier molecular flexibility index (Phi) is 6.88. The van der Waals surface area contributed by atoms with E-state index in [1.54, 1.807) is 6.07 Å². The fourth-order valence-corrected chi connectivity index (χ4v) is 5.28. The van der Waals surface area contributed by atoms with Crippen molar-refractivity contribution < 1.29 is 17.9 Å². The van der Waals surface area contributed by atoms with Crippen LogP contribution in [0.4, 0.5) is 13.2 Å². The summed E-state index contributed by atoms with van der Waals surface area (Å²) in [6.45, 7) is -0.698. The molecule has 26 heavy (non-hydrogen) atoms. The minimum atomic E-state index is -2.99. The molecule has 4 atom stereocenters. The van der Waals surface area contributed by atoms with Gasteiger partial charge in [-0.15, -0.1) is 0 Å². The average Bonchev–Trinajstić information content (AvgIpc) is 2.62. The van der Waals surface area contributed by atoms with Gasteiger partial charge in [0.15, 0.2) is 11.6 Å². The minimum Gasteiger partial charge on any atom is -0.432 e. The molecule has 1 nitrogen and oxygen atoms in total. The molecule has 0 saturated heterocycles. The molecule has 0 aliphatic heterocycles. The van der Waals surface area contributed by atoms with Crippen molar-refractivity contribution in [3.63, 3.8) is 0 Å². The molecule has 0 radical (unpaired) electrons. The first-order chi connectivity index (χ1) is 12.5. The normalized spacial score (nSPS) is 28.8. The van der Waals surface area contributed by atoms with Crippen molar-refractivity contribution in [2.75, 3.05) is 0 Å². The van der Waals surface area contributed by atoms with E-state index in [-0.39, 0.29) is 5.75 Å². The zero-order valence-corrected chi connectivity index (χ0v) is 15.7. The summed E-state index contributed by atoms with van der Waals surface area (Å²) < 4.78 is 42.4. The van der Waals surface area contributed by atoms with Crippen LogP contribution < -0.4 is 4.74 Å². The van der Waals surface area contributed by atoms with Crippen LogP contribution in [0.25, 0.3) is 0 Å². The highest BCUT2D eigenvalue weighted by atomic mass is 19.3. The molecule has 2 aliphatic rings. The van der Waals surface area contributed by atoms with E-state index in [4.69, 9.17) is 0 Å². The molecule has 4 heteroatoms. The Bertz CT molecular complexity index is 575. The van der Waals surface area contributed by atoms with E-state index in [1.165, 1.54) is 63.5 Å². The van der Waals surface area contributed by atoms with Crippen LogP contribution in [0.5, 0.6) is 5.75 Å². The maximum atomic E-state index is 13.8. The predicted molar refractivity (Wildman–Crippen MR) is 97.9 cm³/mol. The smallest absolute Gasteiger partial charge is 0.387 e. The van der Waals surface area contributed by atoms with E-state index in [0.717, 1.165) is 42.1 Å². The van der Waals surface area contributed by atoms with Gasteiger partial charge >= 0.3 is 6.61 Å². The molecular weight excluding hydrogens is 337 g/mol. The summed E-state index contributed by atoms with van der Waals surface area (Å²) >= 11 is 0. The van der Waals surface area contributed by atoms with Gasteiger partial charge in [-0.1, -0.05) is 38.7 Å². The quantitative estimate of drug-likeness (QED) is 0.504. The number of benzene rings is 1. The topological polar surface area (TPSA) is 9.23 Å². The average molecular weight is 368 g/mol. The van der Waals surface area contributed by atoms with E-state index in [0.29, 0.717) is 0 Å². The first-order valence-electron chi connectivity index (χ1n) is 10.3. The SMILES string of the molecule is CCCC1CC[C@@H]2C[C@H](CCc3ccc(OC(F)F)c(F)c3)CC[C@@H]2C1. The maximum absolute atomic E-state index is 13.8. The standard InChI is InChI=1S/C22H31F3O/c1-2-3-15-6-9-19-13-16(7-10-18(19)12-15)4-5-17-8-11-21(20(23)14-17)26-22(24)25/h8,11,14-16,18-19,22H,2-7,9-10,12-13H2,1H3/t15?,16-,18-,19-/m1/s1. The van der Waals surface area contributed by atoms with Gasteiger partial charge in [0, 0.05) is 0 Å². The Labute approximate surface area is 155 Å². The van der Waals surface area contributed by atoms with Crippen molar-refractivity contribution in [1.82, 2.24) is 0 Å². The lowest BCUT2D eigenvalue weighted by Gasteiger charge is -2.42. The second-order valence-electron chi connectivity index (χ2n) is 8.35. The van der Waals surface area contributed by atoms with Crippen LogP contribution >= 0.6 is 0 Å². The molecule has 0 spiro atoms. The van der Waals surface area contributed by atoms with Crippen molar-refractivity contribution in [3.8, 4) is 5.75 Å². The summed E-state index contributed by atoms with van der Waals surface area (Å²) in [6.07, 6.45) is 12.8. The van der Waals surface area contributed by atoms with Crippen LogP contribution in [-0.4, -0.2) is 6.61 Å². The number of alkyl halides is 2. The van der Waals surface area contributed by atoms with Crippen LogP contribution in [0.1, 0.15) is 70.3 Å². The van der Waals surface area contributed by atoms with Crippen molar-refractivity contribution >= 4 is 0 Å². The molecule has 1 aromatic carbocycles. The highest BCUT2D eigenvalue weighted by Crippen LogP contribution is 2.46. The second kappa shape index (κ2) is 9.14. The Hall–Kier alpha value is -1.19. The zero-order valence-electron chi connectivity index (χ0n) is 15.7. The molecule has 1 aromatic rings. The molecule has 2 saturated carbocycles. The first-order valence-corrected chi connectivity index (χ1v) is 10.3. The molecular formula is C22H31F3O. The van der Waals surface area contributed by atoms with Gasteiger partial charge in [0.2, 0.25) is 0 Å². The summed E-state index contributed by atoms with van der Waals surface area (Å²) in [6, 6.07) is 4.38. The third kappa shape index (κ3) is 5.17. The number of hydrogen-bond donors (Lipinski definition) is 0. The fraction of sp³-hybridized carbons (Fsp3) is 0.727. The second-order valence-corrected chi connectivity index (χ2v) is 8.35. The Morgan fingerprint density at radius 3 is 2.23 bits per heavy atom. The fourth-order valence-electron chi connectivity index (χ4n) is 5.28. The van der Waals surface area contributed by atoms with E-state index < -0.39 is 12.4 Å². The molecule has 2 aliphatic carbocycles. The van der Waals surface area contributed by atoms with Gasteiger partial charge in [-0.2, -0.15) is 8.78 Å². The van der Waals surface area contributed by atoms with Gasteiger partial charge in [0.05, 0.1) is 0 Å². The van der Waals surface area contributed by atoms with Gasteiger partial charge in [0.25, 0.3) is 0 Å². The third-order valence-corrected chi connectivity index (χ3v) is 6.58. The van der Waals surface area contributed by atoms with Crippen molar-refractivity contribution in [2.24, 2.45) is 23.7 Å². The third-order valence-electron chi connectivity index (χ3n) is 6.58. The summed E-state index contributed by atoms with van der Waals surface area (Å²) in [5.74, 6) is 2.43. The van der Waals surface area contributed by atoms with Crippen molar-refractivity contribution in [1.29, 1.82) is 0 Å². The summed E-state index contributed by atoms with van der Waals surface area (Å²) in [5, 5.41) is 0. The molecule has 0 N–H and O–H groups in total. The van der Waals surface area contributed by atoms with E-state index in [2.05, 4.69) is 11.7 Å². The number of hydrogen-bond acceptors (Lipinski definition) is 1. The van der Waals surface area contributed by atoms with Crippen LogP contribution in [0.3, 0.4) is 0 Å². The van der Waals surface area contributed by atoms with Gasteiger partial charge in [-0.25, -0.2) is 4.39 Å². The number of rotatable bonds is 7. The van der Waals surface area contributed by atoms with Crippen LogP contribution in [0.15, 0.2) is 18.2 Å². The summed E-state index contributed by atoms with van der Waals surface area (Å²) in [7, 11) is 0. The highest BCUT2D eigenvalue weighted by molar-refractivity contribution is 5.29. The van der Waals surface area contributed by atoms with E-state index >= 15 is 0 Å². The monoisotopic (exact) mass is 368 g/mol. The molecule has 146 valence electrons. The largest absolute Gasteiger partial charge is 0.432 e. The van der Waals surface area contributed by atoms with Gasteiger partial charge < -0.3 is 4.74 Å². The van der Waals surface area contributed by atoms with Crippen LogP contribution in [0.2, 0.25) is 0 Å². The molecule has 0 amide bonds. The Balaban J connectivity index is 1.47. The van der Waals surface area contributed by atoms with Gasteiger partial charge in [-0.3, -0.25) is 0 Å². The Morgan fingerprint density at radius 2 is 1.65 bits per heavy atom. The Morgan fingerprint density at radius 1 is 1.00 bits per heavy atom. The molecule has 0 bridgehead atoms. The molecule has 0 heterocycles.